The van der Waals surface area contributed by atoms with Gasteiger partial charge in [-0.2, -0.15) is 11.1 Å². The van der Waals surface area contributed by atoms with Crippen LogP contribution in [0.1, 0.15) is 0 Å². The predicted molar refractivity (Wildman–Crippen MR) is 29.1 cm³/mol. The quantitative estimate of drug-likeness (QED) is 0.333. The summed E-state index contributed by atoms with van der Waals surface area (Å²) < 4.78 is 0. The van der Waals surface area contributed by atoms with Crippen molar-refractivity contribution >= 4 is 27.7 Å². The van der Waals surface area contributed by atoms with Gasteiger partial charge in [-0.3, -0.25) is 0 Å². The van der Waals surface area contributed by atoms with Gasteiger partial charge in [0, 0.05) is 9.76 Å². The van der Waals surface area contributed by atoms with Crippen LogP contribution < -0.4 is 0 Å². The number of rotatable bonds is 0. The minimum atomic E-state index is -1.33. The van der Waals surface area contributed by atoms with Crippen molar-refractivity contribution in [3.63, 3.8) is 0 Å². The molecule has 0 atom stereocenters. The summed E-state index contributed by atoms with van der Waals surface area (Å²) in [5.74, 6) is 0. The summed E-state index contributed by atoms with van der Waals surface area (Å²) in [5, 5.41) is 0. The lowest BCUT2D eigenvalue weighted by Gasteiger charge is -1.97. The standard InChI is InChI=1S/C2H6ClSi2/c1-5(2,3)4/h1-2H3. The van der Waals surface area contributed by atoms with E-state index < -0.39 is 6.90 Å². The second kappa shape index (κ2) is 1.45. The van der Waals surface area contributed by atoms with E-state index >= 15 is 0 Å². The molecule has 0 unspecified atom stereocenters. The number of hydrogen-bond acceptors (Lipinski definition) is 0. The van der Waals surface area contributed by atoms with E-state index in [4.69, 9.17) is 11.1 Å². The summed E-state index contributed by atoms with van der Waals surface area (Å²) in [4.78, 5) is 0. The summed E-state index contributed by atoms with van der Waals surface area (Å²) in [6.07, 6.45) is 0. The van der Waals surface area contributed by atoms with E-state index in [-0.39, 0.29) is 0 Å². The van der Waals surface area contributed by atoms with E-state index in [0.29, 0.717) is 0 Å². The molecular weight excluding hydrogens is 116 g/mol. The van der Waals surface area contributed by atoms with E-state index in [1.807, 2.05) is 13.1 Å². The van der Waals surface area contributed by atoms with Gasteiger partial charge in [0.05, 0.1) is 0 Å². The van der Waals surface area contributed by atoms with Crippen LogP contribution in [0.4, 0.5) is 0 Å². The fourth-order valence-electron chi connectivity index (χ4n) is 0. The van der Waals surface area contributed by atoms with Crippen LogP contribution in [0.15, 0.2) is 0 Å². The van der Waals surface area contributed by atoms with E-state index in [0.717, 1.165) is 0 Å². The Morgan fingerprint density at radius 2 is 1.60 bits per heavy atom. The first-order chi connectivity index (χ1) is 2.00. The molecule has 0 N–H and O–H groups in total. The van der Waals surface area contributed by atoms with Gasteiger partial charge in [-0.05, 0) is 0 Å². The largest absolute Gasteiger partial charge is 0.172 e. The van der Waals surface area contributed by atoms with Crippen LogP contribution in [0, 0.1) is 0 Å². The molecule has 0 spiro atoms. The Kier molecular flexibility index (Phi) is 1.66. The third kappa shape index (κ3) is 66.9. The van der Waals surface area contributed by atoms with Crippen molar-refractivity contribution < 1.29 is 0 Å². The zero-order valence-corrected chi connectivity index (χ0v) is 6.13. The Morgan fingerprint density at radius 3 is 1.60 bits per heavy atom. The molecule has 0 aliphatic rings. The molecule has 0 nitrogen and oxygen atoms in total. The average molecular weight is 122 g/mol. The molecule has 0 rings (SSSR count). The predicted octanol–water partition coefficient (Wildman–Crippen LogP) is 1.10. The third-order valence-corrected chi connectivity index (χ3v) is 0. The first-order valence-electron chi connectivity index (χ1n) is 1.44. The molecule has 0 amide bonds. The molecule has 3 radical (unpaired) electrons. The summed E-state index contributed by atoms with van der Waals surface area (Å²) >= 11 is 5.58. The molecule has 5 heavy (non-hydrogen) atoms. The molecular formula is C2H6ClSi2. The van der Waals surface area contributed by atoms with Crippen molar-refractivity contribution in [3.05, 3.63) is 0 Å². The SMILES string of the molecule is C[Si](C)([Si])Cl. The van der Waals surface area contributed by atoms with Gasteiger partial charge >= 0.3 is 0 Å². The van der Waals surface area contributed by atoms with Crippen LogP contribution in [0.5, 0.6) is 0 Å². The normalized spacial score (nSPS) is 12.0. The van der Waals surface area contributed by atoms with Gasteiger partial charge in [-0.15, -0.1) is 0 Å². The third-order valence-electron chi connectivity index (χ3n) is 0. The average Bonchev–Trinajstić information content (AvgIpc) is 0.722. The van der Waals surface area contributed by atoms with Crippen molar-refractivity contribution in [1.82, 2.24) is 0 Å². The summed E-state index contributed by atoms with van der Waals surface area (Å²) in [6.45, 7) is 2.68. The summed E-state index contributed by atoms with van der Waals surface area (Å²) in [6, 6.07) is 0. The molecule has 0 aromatic rings. The van der Waals surface area contributed by atoms with Gasteiger partial charge in [0.15, 0.2) is 0 Å². The molecule has 0 heterocycles. The highest BCUT2D eigenvalue weighted by atomic mass is 35.6. The van der Waals surface area contributed by atoms with Crippen LogP contribution >= 0.6 is 11.1 Å². The highest BCUT2D eigenvalue weighted by Crippen LogP contribution is 1.97. The fraction of sp³-hybridized carbons (Fsp3) is 1.00. The fourth-order valence-corrected chi connectivity index (χ4v) is 0. The monoisotopic (exact) mass is 121 g/mol. The molecule has 0 aliphatic carbocycles. The topological polar surface area (TPSA) is 0 Å². The van der Waals surface area contributed by atoms with Crippen LogP contribution in [0.25, 0.3) is 0 Å². The maximum Gasteiger partial charge on any atom is 0.132 e. The van der Waals surface area contributed by atoms with Gasteiger partial charge in [0.1, 0.15) is 6.90 Å². The number of hydrogen-bond donors (Lipinski definition) is 0. The van der Waals surface area contributed by atoms with Crippen molar-refractivity contribution in [2.24, 2.45) is 0 Å². The van der Waals surface area contributed by atoms with Crippen molar-refractivity contribution in [1.29, 1.82) is 0 Å². The van der Waals surface area contributed by atoms with E-state index in [9.17, 15) is 0 Å². The molecule has 0 saturated heterocycles. The molecule has 0 saturated carbocycles. The first kappa shape index (κ1) is 5.72. The molecule has 0 aromatic heterocycles. The second-order valence-corrected chi connectivity index (χ2v) is 12.0. The molecule has 3 heteroatoms. The van der Waals surface area contributed by atoms with Gasteiger partial charge in [-0.1, -0.05) is 13.1 Å². The Bertz CT molecular complexity index is 23.1. The molecule has 0 fully saturated rings. The summed E-state index contributed by atoms with van der Waals surface area (Å²) in [5.41, 5.74) is 0. The lowest BCUT2D eigenvalue weighted by molar-refractivity contribution is 2.06. The van der Waals surface area contributed by atoms with Crippen molar-refractivity contribution in [3.8, 4) is 0 Å². The smallest absolute Gasteiger partial charge is 0.132 e. The van der Waals surface area contributed by atoms with Gasteiger partial charge < -0.3 is 0 Å². The summed E-state index contributed by atoms with van der Waals surface area (Å²) in [7, 11) is 3.32. The Balaban J connectivity index is 3.02. The lowest BCUT2D eigenvalue weighted by atomic mass is 11.9. The van der Waals surface area contributed by atoms with Gasteiger partial charge in [0.25, 0.3) is 0 Å². The van der Waals surface area contributed by atoms with Crippen LogP contribution in [0.2, 0.25) is 13.1 Å². The van der Waals surface area contributed by atoms with Crippen molar-refractivity contribution in [2.75, 3.05) is 0 Å². The van der Waals surface area contributed by atoms with E-state index in [2.05, 4.69) is 9.76 Å². The number of halogens is 1. The van der Waals surface area contributed by atoms with Crippen LogP contribution in [-0.4, -0.2) is 16.7 Å². The Labute approximate surface area is 41.5 Å². The molecule has 0 bridgehead atoms. The van der Waals surface area contributed by atoms with E-state index in [1.54, 1.807) is 0 Å². The van der Waals surface area contributed by atoms with Gasteiger partial charge in [-0.25, -0.2) is 0 Å². The molecule has 0 aliphatic heterocycles. The second-order valence-electron chi connectivity index (χ2n) is 1.47. The van der Waals surface area contributed by atoms with Gasteiger partial charge in [0.2, 0.25) is 0 Å². The minimum Gasteiger partial charge on any atom is -0.172 e. The zero-order chi connectivity index (χ0) is 4.50. The first-order valence-corrected chi connectivity index (χ1v) is 6.95. The molecule has 29 valence electrons. The van der Waals surface area contributed by atoms with Crippen LogP contribution in [0.3, 0.4) is 0 Å². The minimum absolute atomic E-state index is 1.33. The molecule has 0 aromatic carbocycles. The lowest BCUT2D eigenvalue weighted by Crippen LogP contribution is -2.15. The Hall–Kier alpha value is 0.724. The van der Waals surface area contributed by atoms with Crippen LogP contribution in [-0.2, 0) is 0 Å². The highest BCUT2D eigenvalue weighted by molar-refractivity contribution is 7.42. The maximum absolute atomic E-state index is 5.58. The maximum atomic E-state index is 5.58. The highest BCUT2D eigenvalue weighted by Gasteiger charge is 2.04. The Morgan fingerprint density at radius 1 is 1.60 bits per heavy atom. The van der Waals surface area contributed by atoms with E-state index in [1.165, 1.54) is 0 Å². The zero-order valence-electron chi connectivity index (χ0n) is 3.38. The van der Waals surface area contributed by atoms with Crippen molar-refractivity contribution in [2.45, 2.75) is 13.1 Å².